The molecule has 2 unspecified atom stereocenters. The van der Waals surface area contributed by atoms with Gasteiger partial charge in [0, 0.05) is 34.6 Å². The maximum atomic E-state index is 13.1. The van der Waals surface area contributed by atoms with Crippen molar-refractivity contribution < 1.29 is 73.4 Å². The van der Waals surface area contributed by atoms with Gasteiger partial charge in [0.05, 0.1) is 0 Å². The average Bonchev–Trinajstić information content (AvgIpc) is 2.61. The van der Waals surface area contributed by atoms with Gasteiger partial charge in [-0.1, -0.05) is 0 Å². The number of hydrogen-bond donors (Lipinski definition) is 0. The second-order valence-corrected chi connectivity index (χ2v) is 8.39. The Kier molecular flexibility index (Phi) is 9.40. The van der Waals surface area contributed by atoms with E-state index in [0.717, 1.165) is 34.6 Å². The zero-order chi connectivity index (χ0) is 26.6. The zero-order valence-corrected chi connectivity index (χ0v) is 19.1. The molecule has 194 valence electrons. The number of ether oxygens (including phenoxy) is 5. The lowest BCUT2D eigenvalue weighted by Gasteiger charge is -2.46. The summed E-state index contributed by atoms with van der Waals surface area (Å²) >= 11 is 0. The van der Waals surface area contributed by atoms with E-state index in [-0.39, 0.29) is 0 Å². The van der Waals surface area contributed by atoms with Crippen LogP contribution in [0.1, 0.15) is 34.6 Å². The van der Waals surface area contributed by atoms with E-state index >= 15 is 0 Å². The Labute approximate surface area is 190 Å². The largest absolute Gasteiger partial charge is 0.523 e. The van der Waals surface area contributed by atoms with Crippen molar-refractivity contribution in [2.45, 2.75) is 76.8 Å². The van der Waals surface area contributed by atoms with Crippen molar-refractivity contribution in [2.75, 3.05) is 0 Å². The highest BCUT2D eigenvalue weighted by atomic mass is 32.2. The van der Waals surface area contributed by atoms with Crippen LogP contribution in [0.3, 0.4) is 0 Å². The van der Waals surface area contributed by atoms with Crippen LogP contribution >= 0.6 is 0 Å². The standard InChI is InChI=1S/C17H21F3O13S/c1-6(21)28-11-12(29-7(2)22)14(31-9(4)24)16(33-34(26,27)17(18,19)20)15(32-10(5)25)13(11)30-8(3)23/h11-16H,1-5H3/t11?,12-,13+,14-,15-,16?/m0/s1. The topological polar surface area (TPSA) is 175 Å². The average molecular weight is 522 g/mol. The Bertz CT molecular complexity index is 885. The summed E-state index contributed by atoms with van der Waals surface area (Å²) in [6.45, 7) is 4.02. The molecule has 0 aromatic rings. The van der Waals surface area contributed by atoms with Crippen LogP contribution < -0.4 is 0 Å². The molecular weight excluding hydrogens is 501 g/mol. The lowest BCUT2D eigenvalue weighted by molar-refractivity contribution is -0.252. The maximum absolute atomic E-state index is 13.1. The SMILES string of the molecule is CC(=O)OC1[C@@H](OC(C)=O)[C@H](OC(C)=O)C(OS(=O)(=O)C(F)(F)F)[C@@H](OC(C)=O)[C@H]1OC(C)=O. The van der Waals surface area contributed by atoms with E-state index in [4.69, 9.17) is 23.7 Å². The van der Waals surface area contributed by atoms with Crippen molar-refractivity contribution in [2.24, 2.45) is 0 Å². The van der Waals surface area contributed by atoms with Crippen molar-refractivity contribution in [3.63, 3.8) is 0 Å². The number of hydrogen-bond acceptors (Lipinski definition) is 13. The van der Waals surface area contributed by atoms with Gasteiger partial charge in [-0.05, 0) is 0 Å². The molecule has 1 fully saturated rings. The molecule has 0 radical (unpaired) electrons. The van der Waals surface area contributed by atoms with E-state index in [1.54, 1.807) is 0 Å². The number of carbonyl (C=O) groups excluding carboxylic acids is 5. The third-order valence-corrected chi connectivity index (χ3v) is 5.02. The molecule has 1 aliphatic rings. The van der Waals surface area contributed by atoms with Crippen LogP contribution in [-0.4, -0.2) is 80.4 Å². The molecule has 1 aliphatic carbocycles. The Balaban J connectivity index is 3.86. The molecule has 13 nitrogen and oxygen atoms in total. The number of esters is 5. The van der Waals surface area contributed by atoms with Gasteiger partial charge in [0.2, 0.25) is 0 Å². The summed E-state index contributed by atoms with van der Waals surface area (Å²) in [5, 5.41) is 0. The number of alkyl halides is 3. The first-order valence-electron chi connectivity index (χ1n) is 9.23. The lowest BCUT2D eigenvalue weighted by atomic mass is 9.84. The summed E-state index contributed by atoms with van der Waals surface area (Å²) < 4.78 is 91.5. The van der Waals surface area contributed by atoms with E-state index in [2.05, 4.69) is 4.18 Å². The third-order valence-electron chi connectivity index (χ3n) is 3.97. The van der Waals surface area contributed by atoms with Gasteiger partial charge in [-0.25, -0.2) is 0 Å². The van der Waals surface area contributed by atoms with Gasteiger partial charge < -0.3 is 23.7 Å². The molecule has 17 heteroatoms. The minimum Gasteiger partial charge on any atom is -0.455 e. The molecule has 34 heavy (non-hydrogen) atoms. The fourth-order valence-corrected chi connectivity index (χ4v) is 3.68. The van der Waals surface area contributed by atoms with E-state index in [0.29, 0.717) is 0 Å². The van der Waals surface area contributed by atoms with Gasteiger partial charge in [0.1, 0.15) is 0 Å². The smallest absolute Gasteiger partial charge is 0.455 e. The predicted octanol–water partition coefficient (Wildman–Crippen LogP) is -0.107. The molecule has 0 aliphatic heterocycles. The Morgan fingerprint density at radius 2 is 0.735 bits per heavy atom. The van der Waals surface area contributed by atoms with E-state index in [1.165, 1.54) is 0 Å². The molecule has 0 aromatic heterocycles. The van der Waals surface area contributed by atoms with Crippen LogP contribution in [0.25, 0.3) is 0 Å². The van der Waals surface area contributed by atoms with Crippen molar-refractivity contribution in [3.05, 3.63) is 0 Å². The highest BCUT2D eigenvalue weighted by molar-refractivity contribution is 7.87. The quantitative estimate of drug-likeness (QED) is 0.188. The van der Waals surface area contributed by atoms with E-state index in [1.807, 2.05) is 0 Å². The lowest BCUT2D eigenvalue weighted by Crippen LogP contribution is -2.69. The van der Waals surface area contributed by atoms with Crippen molar-refractivity contribution >= 4 is 40.0 Å². The van der Waals surface area contributed by atoms with Gasteiger partial charge in [-0.15, -0.1) is 0 Å². The van der Waals surface area contributed by atoms with Crippen LogP contribution in [0.4, 0.5) is 13.2 Å². The molecule has 1 saturated carbocycles. The van der Waals surface area contributed by atoms with Crippen molar-refractivity contribution in [3.8, 4) is 0 Å². The number of halogens is 3. The van der Waals surface area contributed by atoms with Crippen molar-refractivity contribution in [1.82, 2.24) is 0 Å². The predicted molar refractivity (Wildman–Crippen MR) is 97.6 cm³/mol. The van der Waals surface area contributed by atoms with Gasteiger partial charge in [-0.2, -0.15) is 21.6 Å². The molecule has 0 bridgehead atoms. The second-order valence-electron chi connectivity index (χ2n) is 6.83. The molecule has 1 rings (SSSR count). The Morgan fingerprint density at radius 1 is 0.529 bits per heavy atom. The Hall–Kier alpha value is -2.95. The first kappa shape index (κ1) is 29.1. The maximum Gasteiger partial charge on any atom is 0.523 e. The molecule has 0 amide bonds. The Morgan fingerprint density at radius 3 is 0.912 bits per heavy atom. The normalized spacial score (nSPS) is 27.2. The van der Waals surface area contributed by atoms with Crippen LogP contribution in [0.15, 0.2) is 0 Å². The van der Waals surface area contributed by atoms with E-state index < -0.39 is 82.1 Å². The summed E-state index contributed by atoms with van der Waals surface area (Å²) in [7, 11) is -6.45. The first-order chi connectivity index (χ1) is 15.4. The van der Waals surface area contributed by atoms with Gasteiger partial charge in [0.15, 0.2) is 36.6 Å². The molecule has 6 atom stereocenters. The molecular formula is C17H21F3O13S. The van der Waals surface area contributed by atoms with Gasteiger partial charge >= 0.3 is 45.5 Å². The highest BCUT2D eigenvalue weighted by Crippen LogP contribution is 2.37. The summed E-state index contributed by atoms with van der Waals surface area (Å²) in [5.41, 5.74) is -5.99. The number of rotatable bonds is 7. The fraction of sp³-hybridized carbons (Fsp3) is 0.706. The van der Waals surface area contributed by atoms with Gasteiger partial charge in [-0.3, -0.25) is 28.2 Å². The van der Waals surface area contributed by atoms with Crippen LogP contribution in [0.2, 0.25) is 0 Å². The highest BCUT2D eigenvalue weighted by Gasteiger charge is 2.62. The first-order valence-corrected chi connectivity index (χ1v) is 10.6. The fourth-order valence-electron chi connectivity index (χ4n) is 3.06. The molecule has 0 spiro atoms. The van der Waals surface area contributed by atoms with Crippen LogP contribution in [-0.2, 0) is 62.0 Å². The van der Waals surface area contributed by atoms with Gasteiger partial charge in [0.25, 0.3) is 0 Å². The molecule has 0 saturated heterocycles. The molecule has 0 N–H and O–H groups in total. The third kappa shape index (κ3) is 7.54. The van der Waals surface area contributed by atoms with Crippen LogP contribution in [0.5, 0.6) is 0 Å². The summed E-state index contributed by atoms with van der Waals surface area (Å²) in [5.74, 6) is -5.85. The monoisotopic (exact) mass is 522 g/mol. The minimum absolute atomic E-state index is 0.764. The van der Waals surface area contributed by atoms with Crippen molar-refractivity contribution in [1.29, 1.82) is 0 Å². The summed E-state index contributed by atoms with van der Waals surface area (Å²) in [6.07, 6.45) is -13.1. The zero-order valence-electron chi connectivity index (χ0n) is 18.3. The minimum atomic E-state index is -6.45. The summed E-state index contributed by atoms with van der Waals surface area (Å²) in [4.78, 5) is 58.4. The van der Waals surface area contributed by atoms with E-state index in [9.17, 15) is 45.6 Å². The second kappa shape index (κ2) is 11.0. The number of carbonyl (C=O) groups is 5. The van der Waals surface area contributed by atoms with Crippen LogP contribution in [0, 0.1) is 0 Å². The molecule has 0 aromatic carbocycles. The molecule has 0 heterocycles. The summed E-state index contributed by atoms with van der Waals surface area (Å²) in [6, 6.07) is 0.